The topological polar surface area (TPSA) is 95.9 Å². The quantitative estimate of drug-likeness (QED) is 0.0322. The number of esters is 1. The number of nitrogens with one attached hydrogen (secondary N) is 1. The summed E-state index contributed by atoms with van der Waals surface area (Å²) in [5.74, 6) is -0.135. The Hall–Kier alpha value is -2.18. The van der Waals surface area contributed by atoms with Gasteiger partial charge in [-0.1, -0.05) is 197 Å². The maximum absolute atomic E-state index is 12.4. The fourth-order valence-electron chi connectivity index (χ4n) is 7.54. The highest BCUT2D eigenvalue weighted by atomic mass is 16.5. The van der Waals surface area contributed by atoms with Gasteiger partial charge in [0.15, 0.2) is 0 Å². The van der Waals surface area contributed by atoms with Crippen LogP contribution in [0.2, 0.25) is 0 Å². The Labute approximate surface area is 372 Å². The van der Waals surface area contributed by atoms with E-state index in [1.807, 2.05) is 6.08 Å². The normalized spacial score (nSPS) is 13.1. The first-order valence-electron chi connectivity index (χ1n) is 25.9. The van der Waals surface area contributed by atoms with Crippen LogP contribution in [0.15, 0.2) is 48.6 Å². The van der Waals surface area contributed by atoms with E-state index in [4.69, 9.17) is 4.74 Å². The van der Waals surface area contributed by atoms with Crippen molar-refractivity contribution < 1.29 is 24.5 Å². The van der Waals surface area contributed by atoms with Gasteiger partial charge in [0.25, 0.3) is 0 Å². The first kappa shape index (κ1) is 57.8. The molecule has 0 aromatic heterocycles. The molecule has 6 nitrogen and oxygen atoms in total. The number of carbonyl (C=O) groups is 2. The standard InChI is InChI=1S/C54H99NO5/c1-3-5-7-9-11-13-15-17-19-21-22-26-30-34-38-42-46-52(57)51(50-56)55-53(58)47-43-39-35-31-27-24-25-29-33-37-41-45-49-60-54(59)48-44-40-36-32-28-23-20-18-16-14-12-10-8-6-4-2/h12,14,18,20,25,29,42,46,51-52,56-57H,3-11,13,15-17,19,21-24,26-28,30-41,43-45,47-50H2,1-2H3,(H,55,58)/b14-12-,20-18-,29-25-,46-42+. The van der Waals surface area contributed by atoms with Crippen molar-refractivity contribution in [1.82, 2.24) is 5.32 Å². The van der Waals surface area contributed by atoms with Crippen molar-refractivity contribution in [1.29, 1.82) is 0 Å². The van der Waals surface area contributed by atoms with Gasteiger partial charge in [-0.15, -0.1) is 0 Å². The van der Waals surface area contributed by atoms with Crippen LogP contribution < -0.4 is 5.32 Å². The summed E-state index contributed by atoms with van der Waals surface area (Å²) < 4.78 is 5.43. The van der Waals surface area contributed by atoms with Crippen LogP contribution in [-0.2, 0) is 14.3 Å². The number of hydrogen-bond donors (Lipinski definition) is 3. The lowest BCUT2D eigenvalue weighted by Gasteiger charge is -2.20. The molecule has 0 fully saturated rings. The fourth-order valence-corrected chi connectivity index (χ4v) is 7.54. The highest BCUT2D eigenvalue weighted by molar-refractivity contribution is 5.76. The van der Waals surface area contributed by atoms with E-state index in [0.717, 1.165) is 103 Å². The molecular weight excluding hydrogens is 743 g/mol. The molecule has 0 aliphatic carbocycles. The van der Waals surface area contributed by atoms with Crippen molar-refractivity contribution in [3.63, 3.8) is 0 Å². The van der Waals surface area contributed by atoms with Gasteiger partial charge in [-0.2, -0.15) is 0 Å². The molecule has 0 aromatic carbocycles. The average molecular weight is 842 g/mol. The van der Waals surface area contributed by atoms with E-state index in [1.54, 1.807) is 6.08 Å². The highest BCUT2D eigenvalue weighted by Gasteiger charge is 2.18. The van der Waals surface area contributed by atoms with Crippen molar-refractivity contribution in [2.75, 3.05) is 13.2 Å². The number of amides is 1. The Kier molecular flexibility index (Phi) is 47.7. The Morgan fingerprint density at radius 3 is 1.32 bits per heavy atom. The van der Waals surface area contributed by atoms with E-state index >= 15 is 0 Å². The lowest BCUT2D eigenvalue weighted by atomic mass is 10.0. The molecule has 0 spiro atoms. The zero-order valence-electron chi connectivity index (χ0n) is 39.7. The summed E-state index contributed by atoms with van der Waals surface area (Å²) in [6.07, 6.45) is 61.1. The van der Waals surface area contributed by atoms with Gasteiger partial charge in [0, 0.05) is 12.8 Å². The van der Waals surface area contributed by atoms with E-state index in [1.165, 1.54) is 128 Å². The summed E-state index contributed by atoms with van der Waals surface area (Å²) in [5.41, 5.74) is 0. The van der Waals surface area contributed by atoms with Gasteiger partial charge >= 0.3 is 5.97 Å². The molecule has 1 amide bonds. The van der Waals surface area contributed by atoms with Crippen molar-refractivity contribution >= 4 is 11.9 Å². The van der Waals surface area contributed by atoms with Gasteiger partial charge in [-0.25, -0.2) is 0 Å². The van der Waals surface area contributed by atoms with Gasteiger partial charge in [0.1, 0.15) is 0 Å². The lowest BCUT2D eigenvalue weighted by molar-refractivity contribution is -0.143. The molecule has 6 heteroatoms. The summed E-state index contributed by atoms with van der Waals surface area (Å²) in [4.78, 5) is 24.4. The molecule has 0 aliphatic heterocycles. The van der Waals surface area contributed by atoms with Gasteiger partial charge in [0.05, 0.1) is 25.4 Å². The predicted molar refractivity (Wildman–Crippen MR) is 259 cm³/mol. The van der Waals surface area contributed by atoms with Crippen LogP contribution >= 0.6 is 0 Å². The van der Waals surface area contributed by atoms with Gasteiger partial charge < -0.3 is 20.3 Å². The predicted octanol–water partition coefficient (Wildman–Crippen LogP) is 15.5. The summed E-state index contributed by atoms with van der Waals surface area (Å²) in [5, 5.41) is 23.1. The molecular formula is C54H99NO5. The second-order valence-corrected chi connectivity index (χ2v) is 17.5. The van der Waals surface area contributed by atoms with Crippen molar-refractivity contribution in [2.45, 2.75) is 270 Å². The lowest BCUT2D eigenvalue weighted by Crippen LogP contribution is -2.45. The number of carbonyl (C=O) groups excluding carboxylic acids is 2. The van der Waals surface area contributed by atoms with Gasteiger partial charge in [0.2, 0.25) is 5.91 Å². The maximum atomic E-state index is 12.4. The van der Waals surface area contributed by atoms with Crippen LogP contribution in [0.4, 0.5) is 0 Å². The van der Waals surface area contributed by atoms with E-state index < -0.39 is 12.1 Å². The second-order valence-electron chi connectivity index (χ2n) is 17.5. The van der Waals surface area contributed by atoms with Crippen LogP contribution in [0.5, 0.6) is 0 Å². The molecule has 0 radical (unpaired) electrons. The number of aliphatic hydroxyl groups excluding tert-OH is 2. The summed E-state index contributed by atoms with van der Waals surface area (Å²) in [7, 11) is 0. The number of ether oxygens (including phenoxy) is 1. The van der Waals surface area contributed by atoms with E-state index in [0.29, 0.717) is 19.4 Å². The largest absolute Gasteiger partial charge is 0.466 e. The molecule has 0 aliphatic rings. The average Bonchev–Trinajstić information content (AvgIpc) is 3.25. The molecule has 350 valence electrons. The second kappa shape index (κ2) is 49.5. The minimum atomic E-state index is -0.862. The molecule has 0 heterocycles. The maximum Gasteiger partial charge on any atom is 0.305 e. The molecule has 0 saturated carbocycles. The zero-order chi connectivity index (χ0) is 43.7. The number of allylic oxidation sites excluding steroid dienone is 7. The Morgan fingerprint density at radius 1 is 0.467 bits per heavy atom. The third kappa shape index (κ3) is 45.3. The zero-order valence-corrected chi connectivity index (χ0v) is 39.7. The third-order valence-corrected chi connectivity index (χ3v) is 11.6. The first-order chi connectivity index (χ1) is 29.5. The third-order valence-electron chi connectivity index (χ3n) is 11.6. The number of unbranched alkanes of at least 4 members (excludes halogenated alkanes) is 30. The fraction of sp³-hybridized carbons (Fsp3) is 0.815. The number of hydrogen-bond acceptors (Lipinski definition) is 5. The molecule has 3 N–H and O–H groups in total. The van der Waals surface area contributed by atoms with Gasteiger partial charge in [-0.05, 0) is 96.3 Å². The van der Waals surface area contributed by atoms with E-state index in [-0.39, 0.29) is 18.5 Å². The minimum Gasteiger partial charge on any atom is -0.466 e. The van der Waals surface area contributed by atoms with Crippen molar-refractivity contribution in [3.8, 4) is 0 Å². The van der Waals surface area contributed by atoms with Crippen molar-refractivity contribution in [2.24, 2.45) is 0 Å². The monoisotopic (exact) mass is 842 g/mol. The van der Waals surface area contributed by atoms with E-state index in [9.17, 15) is 19.8 Å². The van der Waals surface area contributed by atoms with Crippen LogP contribution in [0.25, 0.3) is 0 Å². The van der Waals surface area contributed by atoms with Crippen LogP contribution in [0, 0.1) is 0 Å². The molecule has 0 bridgehead atoms. The van der Waals surface area contributed by atoms with Crippen molar-refractivity contribution in [3.05, 3.63) is 48.6 Å². The molecule has 0 aromatic rings. The molecule has 0 rings (SSSR count). The molecule has 2 atom stereocenters. The number of aliphatic hydroxyl groups is 2. The van der Waals surface area contributed by atoms with Crippen LogP contribution in [0.1, 0.15) is 258 Å². The molecule has 60 heavy (non-hydrogen) atoms. The highest BCUT2D eigenvalue weighted by Crippen LogP contribution is 2.15. The Bertz CT molecular complexity index is 1020. The summed E-state index contributed by atoms with van der Waals surface area (Å²) in [6.45, 7) is 4.80. The first-order valence-corrected chi connectivity index (χ1v) is 25.9. The summed E-state index contributed by atoms with van der Waals surface area (Å²) >= 11 is 0. The minimum absolute atomic E-state index is 0.0392. The van der Waals surface area contributed by atoms with E-state index in [2.05, 4.69) is 55.6 Å². The number of rotatable bonds is 47. The molecule has 0 saturated heterocycles. The SMILES string of the molecule is CCCCC/C=C\C/C=C\CCCCCCCC(=O)OCCCCC/C=C\CCCCCCCC(=O)NC(CO)C(O)/C=C/CCCCCCCCCCCCCCCC. The van der Waals surface area contributed by atoms with Crippen LogP contribution in [0.3, 0.4) is 0 Å². The Morgan fingerprint density at radius 2 is 0.833 bits per heavy atom. The smallest absolute Gasteiger partial charge is 0.305 e. The van der Waals surface area contributed by atoms with Crippen LogP contribution in [-0.4, -0.2) is 47.4 Å². The molecule has 2 unspecified atom stereocenters. The summed E-state index contributed by atoms with van der Waals surface area (Å²) in [6, 6.07) is -0.648. The van der Waals surface area contributed by atoms with Gasteiger partial charge in [-0.3, -0.25) is 9.59 Å². The Balaban J connectivity index is 3.57.